The number of thiazole rings is 1. The summed E-state index contributed by atoms with van der Waals surface area (Å²) in [6.07, 6.45) is 5.52. The maximum atomic E-state index is 12.5. The van der Waals surface area contributed by atoms with Gasteiger partial charge in [-0.05, 0) is 55.3 Å². The van der Waals surface area contributed by atoms with Crippen LogP contribution < -0.4 is 4.80 Å². The average molecular weight is 399 g/mol. The molecule has 0 aliphatic rings. The Bertz CT molecular complexity index is 1040. The standard InChI is InChI=1S/C19H15BrN2OS/c1-4-9-22-16-11-12(2)10-13(3)17(16)24-19(22)21-18(23)14-5-7-15(20)8-6-14/h1,5-8,10-11H,9H2,2-3H3. The Hall–Kier alpha value is -2.16. The molecule has 0 bridgehead atoms. The van der Waals surface area contributed by atoms with Gasteiger partial charge < -0.3 is 4.57 Å². The van der Waals surface area contributed by atoms with E-state index >= 15 is 0 Å². The molecule has 1 heterocycles. The molecule has 0 saturated heterocycles. The lowest BCUT2D eigenvalue weighted by molar-refractivity contribution is 0.0998. The van der Waals surface area contributed by atoms with E-state index in [0.29, 0.717) is 16.9 Å². The Labute approximate surface area is 152 Å². The third kappa shape index (κ3) is 3.21. The summed E-state index contributed by atoms with van der Waals surface area (Å²) in [5.74, 6) is 2.38. The highest BCUT2D eigenvalue weighted by atomic mass is 79.9. The van der Waals surface area contributed by atoms with Crippen molar-refractivity contribution >= 4 is 43.4 Å². The molecule has 3 rings (SSSR count). The van der Waals surface area contributed by atoms with Gasteiger partial charge in [0.05, 0.1) is 16.8 Å². The van der Waals surface area contributed by atoms with E-state index in [-0.39, 0.29) is 5.91 Å². The van der Waals surface area contributed by atoms with E-state index in [9.17, 15) is 4.79 Å². The molecule has 24 heavy (non-hydrogen) atoms. The molecule has 0 spiro atoms. The largest absolute Gasteiger partial charge is 0.305 e. The minimum Gasteiger partial charge on any atom is -0.305 e. The van der Waals surface area contributed by atoms with Crippen molar-refractivity contribution in [1.82, 2.24) is 4.57 Å². The number of aryl methyl sites for hydroxylation is 2. The number of halogens is 1. The molecular formula is C19H15BrN2OS. The summed E-state index contributed by atoms with van der Waals surface area (Å²) in [5.41, 5.74) is 3.90. The highest BCUT2D eigenvalue weighted by Crippen LogP contribution is 2.23. The summed E-state index contributed by atoms with van der Waals surface area (Å²) < 4.78 is 3.96. The van der Waals surface area contributed by atoms with Crippen molar-refractivity contribution in [3.63, 3.8) is 0 Å². The van der Waals surface area contributed by atoms with E-state index in [4.69, 9.17) is 6.42 Å². The Morgan fingerprint density at radius 1 is 1.29 bits per heavy atom. The number of hydrogen-bond acceptors (Lipinski definition) is 2. The van der Waals surface area contributed by atoms with E-state index in [1.165, 1.54) is 16.9 Å². The summed E-state index contributed by atoms with van der Waals surface area (Å²) in [6.45, 7) is 4.50. The van der Waals surface area contributed by atoms with Gasteiger partial charge in [-0.3, -0.25) is 4.79 Å². The predicted molar refractivity (Wildman–Crippen MR) is 102 cm³/mol. The molecule has 0 unspecified atom stereocenters. The first kappa shape index (κ1) is 16.7. The molecule has 3 aromatic rings. The topological polar surface area (TPSA) is 34.4 Å². The second kappa shape index (κ2) is 6.76. The van der Waals surface area contributed by atoms with Crippen LogP contribution in [0.2, 0.25) is 0 Å². The van der Waals surface area contributed by atoms with Crippen LogP contribution in [-0.2, 0) is 6.54 Å². The van der Waals surface area contributed by atoms with Crippen LogP contribution in [-0.4, -0.2) is 10.5 Å². The first-order valence-corrected chi connectivity index (χ1v) is 8.99. The highest BCUT2D eigenvalue weighted by molar-refractivity contribution is 9.10. The second-order valence-corrected chi connectivity index (χ2v) is 7.42. The smallest absolute Gasteiger partial charge is 0.279 e. The normalized spacial score (nSPS) is 11.7. The average Bonchev–Trinajstić information content (AvgIpc) is 2.87. The molecule has 3 nitrogen and oxygen atoms in total. The van der Waals surface area contributed by atoms with Gasteiger partial charge in [-0.1, -0.05) is 39.3 Å². The summed E-state index contributed by atoms with van der Waals surface area (Å²) in [5, 5.41) is 0. The van der Waals surface area contributed by atoms with Crippen LogP contribution in [0.4, 0.5) is 0 Å². The number of benzene rings is 2. The fourth-order valence-electron chi connectivity index (χ4n) is 2.59. The van der Waals surface area contributed by atoms with Gasteiger partial charge in [0.15, 0.2) is 4.80 Å². The van der Waals surface area contributed by atoms with Crippen LogP contribution in [0.3, 0.4) is 0 Å². The summed E-state index contributed by atoms with van der Waals surface area (Å²) >= 11 is 4.86. The summed E-state index contributed by atoms with van der Waals surface area (Å²) in [4.78, 5) is 17.4. The van der Waals surface area contributed by atoms with Crippen molar-refractivity contribution in [2.75, 3.05) is 0 Å². The van der Waals surface area contributed by atoms with Crippen molar-refractivity contribution < 1.29 is 4.79 Å². The number of amides is 1. The van der Waals surface area contributed by atoms with Gasteiger partial charge in [0.25, 0.3) is 5.91 Å². The minimum atomic E-state index is -0.269. The number of hydrogen-bond donors (Lipinski definition) is 0. The SMILES string of the molecule is C#CCn1c(=NC(=O)c2ccc(Br)cc2)sc2c(C)cc(C)cc21. The van der Waals surface area contributed by atoms with Crippen LogP contribution in [0.15, 0.2) is 45.9 Å². The van der Waals surface area contributed by atoms with E-state index in [1.54, 1.807) is 12.1 Å². The number of aromatic nitrogens is 1. The fourth-order valence-corrected chi connectivity index (χ4v) is 3.93. The van der Waals surface area contributed by atoms with Crippen molar-refractivity contribution in [2.45, 2.75) is 20.4 Å². The molecule has 0 N–H and O–H groups in total. The van der Waals surface area contributed by atoms with E-state index < -0.39 is 0 Å². The van der Waals surface area contributed by atoms with Gasteiger partial charge >= 0.3 is 0 Å². The van der Waals surface area contributed by atoms with Crippen molar-refractivity contribution in [1.29, 1.82) is 0 Å². The number of carbonyl (C=O) groups is 1. The van der Waals surface area contributed by atoms with Gasteiger partial charge in [0, 0.05) is 10.0 Å². The fraction of sp³-hybridized carbons (Fsp3) is 0.158. The maximum Gasteiger partial charge on any atom is 0.279 e. The summed E-state index contributed by atoms with van der Waals surface area (Å²) in [6, 6.07) is 11.4. The van der Waals surface area contributed by atoms with E-state index in [0.717, 1.165) is 20.3 Å². The minimum absolute atomic E-state index is 0.269. The lowest BCUT2D eigenvalue weighted by atomic mass is 10.1. The van der Waals surface area contributed by atoms with Crippen molar-refractivity contribution in [3.05, 3.63) is 62.4 Å². The number of terminal acetylenes is 1. The number of fused-ring (bicyclic) bond motifs is 1. The van der Waals surface area contributed by atoms with E-state index in [2.05, 4.69) is 45.9 Å². The first-order valence-electron chi connectivity index (χ1n) is 7.38. The Morgan fingerprint density at radius 2 is 2.00 bits per heavy atom. The van der Waals surface area contributed by atoms with Gasteiger partial charge in [-0.2, -0.15) is 4.99 Å². The Kier molecular flexibility index (Phi) is 4.70. The zero-order valence-electron chi connectivity index (χ0n) is 13.3. The molecular weight excluding hydrogens is 384 g/mol. The zero-order chi connectivity index (χ0) is 17.3. The third-order valence-electron chi connectivity index (χ3n) is 3.65. The van der Waals surface area contributed by atoms with Crippen LogP contribution in [0.5, 0.6) is 0 Å². The van der Waals surface area contributed by atoms with Crippen LogP contribution in [0.25, 0.3) is 10.2 Å². The molecule has 5 heteroatoms. The molecule has 0 aliphatic carbocycles. The number of carbonyl (C=O) groups excluding carboxylic acids is 1. The van der Waals surface area contributed by atoms with Crippen LogP contribution >= 0.6 is 27.3 Å². The highest BCUT2D eigenvalue weighted by Gasteiger charge is 2.11. The first-order chi connectivity index (χ1) is 11.5. The Morgan fingerprint density at radius 3 is 2.67 bits per heavy atom. The van der Waals surface area contributed by atoms with E-state index in [1.807, 2.05) is 23.6 Å². The van der Waals surface area contributed by atoms with Gasteiger partial charge in [0.1, 0.15) is 0 Å². The van der Waals surface area contributed by atoms with Crippen LogP contribution in [0.1, 0.15) is 21.5 Å². The van der Waals surface area contributed by atoms with Gasteiger partial charge in [0.2, 0.25) is 0 Å². The van der Waals surface area contributed by atoms with Crippen molar-refractivity contribution in [2.24, 2.45) is 4.99 Å². The third-order valence-corrected chi connectivity index (χ3v) is 5.41. The second-order valence-electron chi connectivity index (χ2n) is 5.53. The molecule has 0 saturated carbocycles. The summed E-state index contributed by atoms with van der Waals surface area (Å²) in [7, 11) is 0. The number of nitrogens with zero attached hydrogens (tertiary/aromatic N) is 2. The Balaban J connectivity index is 2.19. The molecule has 0 radical (unpaired) electrons. The van der Waals surface area contributed by atoms with Crippen molar-refractivity contribution in [3.8, 4) is 12.3 Å². The lowest BCUT2D eigenvalue weighted by Gasteiger charge is -2.02. The van der Waals surface area contributed by atoms with Gasteiger partial charge in [-0.15, -0.1) is 6.42 Å². The molecule has 120 valence electrons. The zero-order valence-corrected chi connectivity index (χ0v) is 15.7. The predicted octanol–water partition coefficient (Wildman–Crippen LogP) is 4.46. The number of rotatable bonds is 2. The molecule has 0 aliphatic heterocycles. The molecule has 1 aromatic heterocycles. The molecule has 2 aromatic carbocycles. The van der Waals surface area contributed by atoms with Crippen LogP contribution in [0, 0.1) is 26.2 Å². The molecule has 0 atom stereocenters. The lowest BCUT2D eigenvalue weighted by Crippen LogP contribution is -2.16. The monoisotopic (exact) mass is 398 g/mol. The van der Waals surface area contributed by atoms with Gasteiger partial charge in [-0.25, -0.2) is 0 Å². The molecule has 1 amide bonds. The molecule has 0 fully saturated rings. The maximum absolute atomic E-state index is 12.5. The quantitative estimate of drug-likeness (QED) is 0.586.